The summed E-state index contributed by atoms with van der Waals surface area (Å²) in [5.74, 6) is -1.95. The number of aryl methyl sites for hydroxylation is 2. The van der Waals surface area contributed by atoms with Crippen LogP contribution in [0.25, 0.3) is 0 Å². The third kappa shape index (κ3) is 2.05. The van der Waals surface area contributed by atoms with Gasteiger partial charge in [0.1, 0.15) is 0 Å². The Morgan fingerprint density at radius 1 is 1.05 bits per heavy atom. The number of fused-ring (bicyclic) bond motifs is 3. The molecule has 4 nitrogen and oxygen atoms in total. The van der Waals surface area contributed by atoms with Crippen LogP contribution in [0.5, 0.6) is 0 Å². The van der Waals surface area contributed by atoms with Crippen LogP contribution in [0.4, 0.5) is 5.69 Å². The molecule has 3 aliphatic carbocycles. The lowest BCUT2D eigenvalue weighted by Gasteiger charge is -2.24. The first-order chi connectivity index (χ1) is 10.6. The number of nitrogens with one attached hydrogen (secondary N) is 1. The average Bonchev–Trinajstić information content (AvgIpc) is 3.20. The van der Waals surface area contributed by atoms with Gasteiger partial charge in [0, 0.05) is 5.69 Å². The summed E-state index contributed by atoms with van der Waals surface area (Å²) in [5.41, 5.74) is 3.46. The molecule has 0 unspecified atom stereocenters. The summed E-state index contributed by atoms with van der Waals surface area (Å²) in [5, 5.41) is 12.4. The van der Waals surface area contributed by atoms with Gasteiger partial charge in [0.05, 0.1) is 11.8 Å². The average molecular weight is 297 g/mol. The molecule has 4 rings (SSSR count). The van der Waals surface area contributed by atoms with Crippen LogP contribution in [0, 0.1) is 23.7 Å². The number of rotatable bonds is 3. The lowest BCUT2D eigenvalue weighted by molar-refractivity contribution is -0.146. The summed E-state index contributed by atoms with van der Waals surface area (Å²) < 4.78 is 0. The Balaban J connectivity index is 1.55. The highest BCUT2D eigenvalue weighted by atomic mass is 16.4. The minimum atomic E-state index is -0.856. The van der Waals surface area contributed by atoms with E-state index in [9.17, 15) is 14.7 Å². The maximum Gasteiger partial charge on any atom is 0.307 e. The van der Waals surface area contributed by atoms with Gasteiger partial charge in [0.15, 0.2) is 0 Å². The van der Waals surface area contributed by atoms with E-state index in [1.165, 1.54) is 17.5 Å². The third-order valence-electron chi connectivity index (χ3n) is 5.41. The molecule has 4 heteroatoms. The van der Waals surface area contributed by atoms with Crippen molar-refractivity contribution in [3.63, 3.8) is 0 Å². The number of carbonyl (C=O) groups excluding carboxylic acids is 1. The molecule has 22 heavy (non-hydrogen) atoms. The summed E-state index contributed by atoms with van der Waals surface area (Å²) in [6.45, 7) is 0. The number of benzene rings is 1. The Bertz CT molecular complexity index is 679. The lowest BCUT2D eigenvalue weighted by atomic mass is 9.82. The smallest absolute Gasteiger partial charge is 0.307 e. The SMILES string of the molecule is O=C(Nc1ccc2c(c1)CCC2)[C@@H]1[C@H](C(=O)O)[C@H]2C=C[C@H]1C2. The molecule has 2 bridgehead atoms. The predicted molar refractivity (Wildman–Crippen MR) is 82.4 cm³/mol. The van der Waals surface area contributed by atoms with Gasteiger partial charge in [-0.05, 0) is 60.8 Å². The first kappa shape index (κ1) is 13.6. The second-order valence-corrected chi connectivity index (χ2v) is 6.66. The van der Waals surface area contributed by atoms with Gasteiger partial charge in [-0.2, -0.15) is 0 Å². The Morgan fingerprint density at radius 3 is 2.55 bits per heavy atom. The van der Waals surface area contributed by atoms with Crippen LogP contribution in [-0.2, 0) is 22.4 Å². The van der Waals surface area contributed by atoms with Gasteiger partial charge in [-0.1, -0.05) is 18.2 Å². The van der Waals surface area contributed by atoms with E-state index >= 15 is 0 Å². The van der Waals surface area contributed by atoms with E-state index in [-0.39, 0.29) is 17.7 Å². The number of hydrogen-bond acceptors (Lipinski definition) is 2. The number of amides is 1. The van der Waals surface area contributed by atoms with Crippen LogP contribution in [0.2, 0.25) is 0 Å². The number of aliphatic carboxylic acids is 1. The highest BCUT2D eigenvalue weighted by Gasteiger charge is 2.51. The molecule has 0 aliphatic heterocycles. The van der Waals surface area contributed by atoms with Crippen LogP contribution >= 0.6 is 0 Å². The minimum Gasteiger partial charge on any atom is -0.481 e. The summed E-state index contributed by atoms with van der Waals surface area (Å²) >= 11 is 0. The van der Waals surface area contributed by atoms with Crippen molar-refractivity contribution < 1.29 is 14.7 Å². The van der Waals surface area contributed by atoms with E-state index in [0.29, 0.717) is 0 Å². The minimum absolute atomic E-state index is 0.0123. The highest BCUT2D eigenvalue weighted by Crippen LogP contribution is 2.48. The monoisotopic (exact) mass is 297 g/mol. The molecule has 2 N–H and O–H groups in total. The normalized spacial score (nSPS) is 31.3. The van der Waals surface area contributed by atoms with E-state index < -0.39 is 17.8 Å². The Kier molecular flexibility index (Phi) is 3.06. The topological polar surface area (TPSA) is 66.4 Å². The first-order valence-corrected chi connectivity index (χ1v) is 7.97. The quantitative estimate of drug-likeness (QED) is 0.843. The second-order valence-electron chi connectivity index (χ2n) is 6.66. The van der Waals surface area contributed by atoms with Crippen LogP contribution in [0.15, 0.2) is 30.4 Å². The molecule has 0 heterocycles. The van der Waals surface area contributed by atoms with Crippen LogP contribution in [-0.4, -0.2) is 17.0 Å². The first-order valence-electron chi connectivity index (χ1n) is 7.97. The molecule has 1 saturated carbocycles. The largest absolute Gasteiger partial charge is 0.481 e. The molecule has 1 aromatic carbocycles. The maximum atomic E-state index is 12.6. The van der Waals surface area contributed by atoms with Gasteiger partial charge < -0.3 is 10.4 Å². The fourth-order valence-corrected chi connectivity index (χ4v) is 4.39. The van der Waals surface area contributed by atoms with Crippen molar-refractivity contribution in [2.24, 2.45) is 23.7 Å². The van der Waals surface area contributed by atoms with Crippen LogP contribution in [0.3, 0.4) is 0 Å². The van der Waals surface area contributed by atoms with Crippen LogP contribution in [0.1, 0.15) is 24.0 Å². The molecule has 1 amide bonds. The number of carbonyl (C=O) groups is 2. The highest BCUT2D eigenvalue weighted by molar-refractivity contribution is 5.96. The summed E-state index contributed by atoms with van der Waals surface area (Å²) in [6.07, 6.45) is 8.11. The molecule has 0 spiro atoms. The van der Waals surface area contributed by atoms with E-state index in [1.54, 1.807) is 0 Å². The molecule has 1 fully saturated rings. The number of carboxylic acids is 1. The Labute approximate surface area is 129 Å². The molecule has 1 aromatic rings. The molecule has 0 saturated heterocycles. The van der Waals surface area contributed by atoms with Crippen LogP contribution < -0.4 is 5.32 Å². The zero-order valence-corrected chi connectivity index (χ0v) is 12.3. The molecule has 0 radical (unpaired) electrons. The fourth-order valence-electron chi connectivity index (χ4n) is 4.39. The van der Waals surface area contributed by atoms with Gasteiger partial charge in [0.2, 0.25) is 5.91 Å². The van der Waals surface area contributed by atoms with Gasteiger partial charge in [0.25, 0.3) is 0 Å². The van der Waals surface area contributed by atoms with Gasteiger partial charge in [-0.15, -0.1) is 0 Å². The number of allylic oxidation sites excluding steroid dienone is 2. The standard InChI is InChI=1S/C18H19NO3/c20-17(15-12-4-5-13(8-12)16(15)18(21)22)19-14-7-6-10-2-1-3-11(10)9-14/h4-7,9,12-13,15-16H,1-3,8H2,(H,19,20)(H,21,22)/t12-,13-,15-,16+/m0/s1. The number of carboxylic acid groups (broad SMARTS) is 1. The molecular weight excluding hydrogens is 278 g/mol. The molecule has 0 aromatic heterocycles. The van der Waals surface area contributed by atoms with Crippen molar-refractivity contribution >= 4 is 17.6 Å². The lowest BCUT2D eigenvalue weighted by Crippen LogP contribution is -2.36. The van der Waals surface area contributed by atoms with Gasteiger partial charge in [-0.3, -0.25) is 9.59 Å². The summed E-state index contributed by atoms with van der Waals surface area (Å²) in [4.78, 5) is 24.1. The number of hydrogen-bond donors (Lipinski definition) is 2. The van der Waals surface area contributed by atoms with Crippen molar-refractivity contribution in [2.45, 2.75) is 25.7 Å². The molecule has 4 atom stereocenters. The molecular formula is C18H19NO3. The van der Waals surface area contributed by atoms with Gasteiger partial charge >= 0.3 is 5.97 Å². The van der Waals surface area contributed by atoms with E-state index in [0.717, 1.165) is 24.9 Å². The van der Waals surface area contributed by atoms with Crippen molar-refractivity contribution in [3.05, 3.63) is 41.5 Å². The maximum absolute atomic E-state index is 12.6. The predicted octanol–water partition coefficient (Wildman–Crippen LogP) is 2.64. The second kappa shape index (κ2) is 4.97. The third-order valence-corrected chi connectivity index (χ3v) is 5.41. The Hall–Kier alpha value is -2.10. The van der Waals surface area contributed by atoms with Crippen molar-refractivity contribution in [2.75, 3.05) is 5.32 Å². The zero-order valence-electron chi connectivity index (χ0n) is 12.3. The number of anilines is 1. The molecule has 3 aliphatic rings. The molecule has 114 valence electrons. The van der Waals surface area contributed by atoms with Crippen molar-refractivity contribution in [3.8, 4) is 0 Å². The van der Waals surface area contributed by atoms with E-state index in [2.05, 4.69) is 11.4 Å². The summed E-state index contributed by atoms with van der Waals surface area (Å²) in [7, 11) is 0. The zero-order chi connectivity index (χ0) is 15.3. The Morgan fingerprint density at radius 2 is 1.77 bits per heavy atom. The van der Waals surface area contributed by atoms with Gasteiger partial charge in [-0.25, -0.2) is 0 Å². The summed E-state index contributed by atoms with van der Waals surface area (Å²) in [6, 6.07) is 6.05. The fraction of sp³-hybridized carbons (Fsp3) is 0.444. The van der Waals surface area contributed by atoms with Crippen molar-refractivity contribution in [1.82, 2.24) is 0 Å². The van der Waals surface area contributed by atoms with Crippen molar-refractivity contribution in [1.29, 1.82) is 0 Å². The van der Waals surface area contributed by atoms with E-state index in [4.69, 9.17) is 0 Å². The van der Waals surface area contributed by atoms with E-state index in [1.807, 2.05) is 24.3 Å².